The van der Waals surface area contributed by atoms with Crippen LogP contribution in [0.3, 0.4) is 0 Å². The van der Waals surface area contributed by atoms with Crippen LogP contribution in [-0.2, 0) is 65.7 Å². The van der Waals surface area contributed by atoms with E-state index in [1.54, 1.807) is 12.1 Å². The molecule has 3 aromatic carbocycles. The molecule has 0 aromatic heterocycles. The predicted molar refractivity (Wildman–Crippen MR) is 300 cm³/mol. The Labute approximate surface area is 468 Å². The summed E-state index contributed by atoms with van der Waals surface area (Å²) in [5.74, 6) is -0.436. The summed E-state index contributed by atoms with van der Waals surface area (Å²) in [6, 6.07) is 14.0. The van der Waals surface area contributed by atoms with Gasteiger partial charge in [-0.15, -0.1) is 0 Å². The number of imide groups is 1. The number of allylic oxidation sites excluding steroid dienone is 7. The van der Waals surface area contributed by atoms with E-state index >= 15 is 0 Å². The van der Waals surface area contributed by atoms with Gasteiger partial charge in [0.2, 0.25) is 11.6 Å². The molecule has 80 heavy (non-hydrogen) atoms. The number of hydrogen-bond acceptors (Lipinski definition) is 13. The van der Waals surface area contributed by atoms with Crippen LogP contribution in [0, 0.1) is 0 Å². The van der Waals surface area contributed by atoms with Crippen LogP contribution in [0.1, 0.15) is 122 Å². The van der Waals surface area contributed by atoms with Crippen molar-refractivity contribution in [3.63, 3.8) is 0 Å². The standard InChI is InChI=1S/C56H68N4O16S4/c1-55(2)45-37-43(79(70,71)72)24-26-47(45)58(33-11-7-8-17-51(61)57-32-9-5-6-10-35-60-52(62)30-31-53(60)63)49(55)28-18-39-15-14-16-40(54(39)76-41-20-22-42(23-21-41)78(67,68)69)19-29-50-56(3,4)46-38-44(80(73,74)75)25-27-48(46)59(50)34-12-13-36-77(64,65)66/h18-31,37-38H,5-17,32-36H2,1-4H3,(H4-,57,61,64,65,66,67,68,69,70,71,72,73,74,75)/p+1. The summed E-state index contributed by atoms with van der Waals surface area (Å²) in [5.41, 5.74) is 3.92. The Kier molecular flexibility index (Phi) is 19.2. The van der Waals surface area contributed by atoms with Crippen molar-refractivity contribution in [2.24, 2.45) is 0 Å². The molecule has 432 valence electrons. The molecule has 3 amide bonds. The van der Waals surface area contributed by atoms with E-state index in [1.807, 2.05) is 56.9 Å². The number of carbonyl (C=O) groups excluding carboxylic acids is 3. The van der Waals surface area contributed by atoms with Gasteiger partial charge in [-0.1, -0.05) is 32.8 Å². The monoisotopic (exact) mass is 1180 g/mol. The molecule has 3 aliphatic heterocycles. The van der Waals surface area contributed by atoms with Gasteiger partial charge in [0.25, 0.3) is 52.3 Å². The van der Waals surface area contributed by atoms with Gasteiger partial charge in [0, 0.05) is 79.1 Å². The molecule has 5 N–H and O–H groups in total. The Hall–Kier alpha value is -6.12. The summed E-state index contributed by atoms with van der Waals surface area (Å²) in [7, 11) is -17.9. The lowest BCUT2D eigenvalue weighted by molar-refractivity contribution is -0.438. The third-order valence-corrected chi connectivity index (χ3v) is 18.2. The van der Waals surface area contributed by atoms with Crippen molar-refractivity contribution >= 4 is 75.3 Å². The SMILES string of the molecule is CC1(C)C(/C=C/C2=C(Oc3ccc(S(=O)(=O)O)cc3)C(=C/C=C3/N(CCCCS(=O)(=O)O)c4ccc(S(=O)(=O)O)cc4C3(C)C)/CCC2)=[N+](CCCCCC(=O)NCCCCCCN2C(=O)C=CC2=O)c2ccc(S(=O)(=O)O)cc21. The van der Waals surface area contributed by atoms with E-state index in [9.17, 15) is 66.3 Å². The van der Waals surface area contributed by atoms with Crippen molar-refractivity contribution in [3.05, 3.63) is 131 Å². The van der Waals surface area contributed by atoms with Crippen LogP contribution in [0.2, 0.25) is 0 Å². The maximum atomic E-state index is 12.8. The van der Waals surface area contributed by atoms with Crippen molar-refractivity contribution in [2.45, 2.75) is 137 Å². The van der Waals surface area contributed by atoms with Gasteiger partial charge in [-0.3, -0.25) is 37.5 Å². The van der Waals surface area contributed by atoms with Crippen molar-refractivity contribution in [2.75, 3.05) is 36.8 Å². The van der Waals surface area contributed by atoms with Gasteiger partial charge in [0.1, 0.15) is 18.1 Å². The number of rotatable bonds is 26. The van der Waals surface area contributed by atoms with Crippen LogP contribution in [0.15, 0.2) is 134 Å². The summed E-state index contributed by atoms with van der Waals surface area (Å²) in [4.78, 5) is 38.6. The number of fused-ring (bicyclic) bond motifs is 2. The fourth-order valence-corrected chi connectivity index (χ4v) is 12.7. The molecular weight excluding hydrogens is 1110 g/mol. The van der Waals surface area contributed by atoms with Gasteiger partial charge in [0.05, 0.1) is 25.9 Å². The van der Waals surface area contributed by atoms with Crippen LogP contribution >= 0.6 is 0 Å². The third kappa shape index (κ3) is 15.1. The molecule has 20 nitrogen and oxygen atoms in total. The number of nitrogens with zero attached hydrogens (tertiary/aromatic N) is 3. The van der Waals surface area contributed by atoms with Gasteiger partial charge in [-0.25, -0.2) is 0 Å². The number of nitrogens with one attached hydrogen (secondary N) is 1. The third-order valence-electron chi connectivity index (χ3n) is 14.9. The fraction of sp³-hybridized carbons (Fsp3) is 0.429. The predicted octanol–water partition coefficient (Wildman–Crippen LogP) is 8.31. The Bertz CT molecular complexity index is 3560. The highest BCUT2D eigenvalue weighted by molar-refractivity contribution is 7.86. The van der Waals surface area contributed by atoms with Crippen LogP contribution in [0.25, 0.3) is 0 Å². The topological polar surface area (TPSA) is 299 Å². The van der Waals surface area contributed by atoms with Crippen LogP contribution in [-0.4, -0.2) is 117 Å². The highest BCUT2D eigenvalue weighted by Crippen LogP contribution is 2.49. The van der Waals surface area contributed by atoms with Gasteiger partial charge >= 0.3 is 0 Å². The van der Waals surface area contributed by atoms with Crippen molar-refractivity contribution in [1.29, 1.82) is 0 Å². The average molecular weight is 1180 g/mol. The highest BCUT2D eigenvalue weighted by atomic mass is 32.2. The largest absolute Gasteiger partial charge is 0.457 e. The second kappa shape index (κ2) is 24.9. The first-order chi connectivity index (χ1) is 37.5. The summed E-state index contributed by atoms with van der Waals surface area (Å²) in [5, 5.41) is 2.97. The number of anilines is 1. The molecule has 4 aliphatic rings. The molecule has 0 fully saturated rings. The zero-order chi connectivity index (χ0) is 58.4. The molecule has 24 heteroatoms. The minimum Gasteiger partial charge on any atom is -0.457 e. The first-order valence-corrected chi connectivity index (χ1v) is 32.4. The Balaban J connectivity index is 1.17. The molecule has 0 atom stereocenters. The number of unbranched alkanes of at least 4 members (excludes halogenated alkanes) is 6. The van der Waals surface area contributed by atoms with Crippen LogP contribution in [0.5, 0.6) is 5.75 Å². The maximum absolute atomic E-state index is 12.8. The Morgan fingerprint density at radius 3 is 1.89 bits per heavy atom. The van der Waals surface area contributed by atoms with Gasteiger partial charge in [0.15, 0.2) is 5.71 Å². The first-order valence-electron chi connectivity index (χ1n) is 26.5. The molecule has 0 radical (unpaired) electrons. The smallest absolute Gasteiger partial charge is 0.294 e. The minimum absolute atomic E-state index is 0.0694. The van der Waals surface area contributed by atoms with Crippen molar-refractivity contribution in [3.8, 4) is 5.75 Å². The van der Waals surface area contributed by atoms with E-state index in [4.69, 9.17) is 4.74 Å². The fourth-order valence-electron chi connectivity index (χ4n) is 10.6. The first kappa shape index (κ1) is 61.5. The summed E-state index contributed by atoms with van der Waals surface area (Å²) in [6.45, 7) is 9.33. The normalized spacial score (nSPS) is 18.4. The Morgan fingerprint density at radius 2 is 1.24 bits per heavy atom. The molecule has 3 heterocycles. The molecular formula is C56H69N4O16S4+. The van der Waals surface area contributed by atoms with Crippen LogP contribution in [0.4, 0.5) is 11.4 Å². The number of carbonyl (C=O) groups is 3. The summed E-state index contributed by atoms with van der Waals surface area (Å²) < 4.78 is 145. The summed E-state index contributed by atoms with van der Waals surface area (Å²) in [6.07, 6.45) is 17.7. The molecule has 0 spiro atoms. The lowest BCUT2D eigenvalue weighted by Gasteiger charge is -2.27. The van der Waals surface area contributed by atoms with E-state index in [0.717, 1.165) is 41.8 Å². The second-order valence-electron chi connectivity index (χ2n) is 21.3. The van der Waals surface area contributed by atoms with Crippen molar-refractivity contribution < 1.29 is 75.6 Å². The number of benzene rings is 3. The van der Waals surface area contributed by atoms with Crippen LogP contribution < -0.4 is 15.0 Å². The number of hydrogen-bond donors (Lipinski definition) is 5. The van der Waals surface area contributed by atoms with E-state index < -0.39 is 57.1 Å². The summed E-state index contributed by atoms with van der Waals surface area (Å²) >= 11 is 0. The molecule has 0 saturated carbocycles. The number of ether oxygens (including phenoxy) is 1. The zero-order valence-corrected chi connectivity index (χ0v) is 48.4. The molecule has 0 saturated heterocycles. The van der Waals surface area contributed by atoms with Gasteiger partial charge in [-0.2, -0.15) is 38.2 Å². The van der Waals surface area contributed by atoms with E-state index in [-0.39, 0.29) is 51.1 Å². The molecule has 1 aliphatic carbocycles. The molecule has 7 rings (SSSR count). The maximum Gasteiger partial charge on any atom is 0.294 e. The average Bonchev–Trinajstić information content (AvgIpc) is 4.15. The minimum atomic E-state index is -4.58. The quantitative estimate of drug-likeness (QED) is 0.0218. The second-order valence-corrected chi connectivity index (χ2v) is 27.1. The zero-order valence-electron chi connectivity index (χ0n) is 45.1. The molecule has 3 aromatic rings. The van der Waals surface area contributed by atoms with E-state index in [2.05, 4.69) is 9.89 Å². The van der Waals surface area contributed by atoms with Gasteiger partial charge in [-0.05, 0) is 155 Å². The number of amides is 3. The van der Waals surface area contributed by atoms with E-state index in [1.165, 1.54) is 65.6 Å². The van der Waals surface area contributed by atoms with Crippen molar-refractivity contribution in [1.82, 2.24) is 10.2 Å². The lowest BCUT2D eigenvalue weighted by atomic mass is 9.81. The lowest BCUT2D eigenvalue weighted by Crippen LogP contribution is -2.30. The van der Waals surface area contributed by atoms with E-state index in [0.29, 0.717) is 106 Å². The Morgan fingerprint density at radius 1 is 0.650 bits per heavy atom. The molecule has 0 unspecified atom stereocenters. The molecule has 0 bridgehead atoms. The highest BCUT2D eigenvalue weighted by Gasteiger charge is 2.45. The van der Waals surface area contributed by atoms with Gasteiger partial charge < -0.3 is 15.0 Å².